The summed E-state index contributed by atoms with van der Waals surface area (Å²) in [6, 6.07) is 9.60. The zero-order valence-electron chi connectivity index (χ0n) is 18.6. The van der Waals surface area contributed by atoms with Crippen molar-refractivity contribution in [2.24, 2.45) is 0 Å². The predicted molar refractivity (Wildman–Crippen MR) is 121 cm³/mol. The van der Waals surface area contributed by atoms with Crippen LogP contribution in [0.5, 0.6) is 0 Å². The van der Waals surface area contributed by atoms with Crippen LogP contribution in [-0.2, 0) is 24.8 Å². The molecule has 3 rings (SSSR count). The van der Waals surface area contributed by atoms with Crippen LogP contribution in [0.15, 0.2) is 52.3 Å². The van der Waals surface area contributed by atoms with E-state index in [4.69, 9.17) is 4.74 Å². The average molecular weight is 495 g/mol. The van der Waals surface area contributed by atoms with Crippen molar-refractivity contribution in [3.8, 4) is 0 Å². The molecule has 0 spiro atoms. The molecule has 0 radical (unpaired) electrons. The first-order valence-electron chi connectivity index (χ1n) is 10.3. The van der Waals surface area contributed by atoms with Crippen LogP contribution in [0, 0.1) is 6.92 Å². The molecule has 1 heterocycles. The lowest BCUT2D eigenvalue weighted by molar-refractivity contribution is 0.0473. The van der Waals surface area contributed by atoms with E-state index in [9.17, 15) is 26.4 Å². The maximum absolute atomic E-state index is 12.6. The summed E-state index contributed by atoms with van der Waals surface area (Å²) < 4.78 is 57.4. The number of aryl methyl sites for hydroxylation is 1. The highest BCUT2D eigenvalue weighted by Gasteiger charge is 2.27. The van der Waals surface area contributed by atoms with Crippen LogP contribution in [0.1, 0.15) is 39.1 Å². The van der Waals surface area contributed by atoms with E-state index in [-0.39, 0.29) is 20.9 Å². The Morgan fingerprint density at radius 2 is 1.52 bits per heavy atom. The Labute approximate surface area is 194 Å². The molecule has 33 heavy (non-hydrogen) atoms. The van der Waals surface area contributed by atoms with E-state index in [2.05, 4.69) is 0 Å². The van der Waals surface area contributed by atoms with Crippen LogP contribution < -0.4 is 0 Å². The predicted octanol–water partition coefficient (Wildman–Crippen LogP) is 2.07. The third-order valence-corrected chi connectivity index (χ3v) is 9.14. The molecule has 0 saturated carbocycles. The second kappa shape index (κ2) is 9.72. The van der Waals surface area contributed by atoms with Gasteiger partial charge in [0.15, 0.2) is 12.4 Å². The van der Waals surface area contributed by atoms with Gasteiger partial charge >= 0.3 is 5.97 Å². The monoisotopic (exact) mass is 494 g/mol. The van der Waals surface area contributed by atoms with E-state index in [1.54, 1.807) is 6.92 Å². The number of sulfonamides is 2. The summed E-state index contributed by atoms with van der Waals surface area (Å²) >= 11 is 0. The molecule has 9 nitrogen and oxygen atoms in total. The van der Waals surface area contributed by atoms with Gasteiger partial charge < -0.3 is 4.74 Å². The molecule has 1 fully saturated rings. The Kier molecular flexibility index (Phi) is 7.37. The zero-order valence-corrected chi connectivity index (χ0v) is 20.3. The molecule has 0 aromatic heterocycles. The van der Waals surface area contributed by atoms with Crippen LogP contribution in [0.25, 0.3) is 0 Å². The number of rotatable bonds is 8. The lowest BCUT2D eigenvalue weighted by Crippen LogP contribution is -2.27. The Hall–Kier alpha value is -2.60. The molecule has 0 amide bonds. The highest BCUT2D eigenvalue weighted by molar-refractivity contribution is 7.89. The molecule has 1 aliphatic heterocycles. The molecule has 0 unspecified atom stereocenters. The smallest absolute Gasteiger partial charge is 0.338 e. The van der Waals surface area contributed by atoms with Crippen molar-refractivity contribution in [3.63, 3.8) is 0 Å². The van der Waals surface area contributed by atoms with E-state index < -0.39 is 38.4 Å². The molecule has 2 aromatic rings. The van der Waals surface area contributed by atoms with Gasteiger partial charge in [-0.15, -0.1) is 0 Å². The molecule has 0 bridgehead atoms. The molecule has 0 N–H and O–H groups in total. The van der Waals surface area contributed by atoms with E-state index in [1.807, 2.05) is 0 Å². The molecule has 2 aromatic carbocycles. The number of hydrogen-bond acceptors (Lipinski definition) is 7. The maximum Gasteiger partial charge on any atom is 0.338 e. The minimum atomic E-state index is -3.74. The van der Waals surface area contributed by atoms with Crippen LogP contribution in [0.2, 0.25) is 0 Å². The van der Waals surface area contributed by atoms with Crippen LogP contribution in [0.3, 0.4) is 0 Å². The number of ether oxygens (including phenoxy) is 1. The van der Waals surface area contributed by atoms with E-state index in [1.165, 1.54) is 60.9 Å². The fourth-order valence-electron chi connectivity index (χ4n) is 3.37. The number of nitrogens with zero attached hydrogens (tertiary/aromatic N) is 2. The second-order valence-corrected chi connectivity index (χ2v) is 12.0. The van der Waals surface area contributed by atoms with Crippen LogP contribution in [0.4, 0.5) is 0 Å². The van der Waals surface area contributed by atoms with Gasteiger partial charge in [0.1, 0.15) is 0 Å². The summed E-state index contributed by atoms with van der Waals surface area (Å²) in [7, 11) is -4.56. The number of ketones is 1. The average Bonchev–Trinajstić information content (AvgIpc) is 3.33. The Bertz CT molecular complexity index is 1260. The normalized spacial score (nSPS) is 15.0. The van der Waals surface area contributed by atoms with Crippen molar-refractivity contribution in [3.05, 3.63) is 59.2 Å². The summed E-state index contributed by atoms with van der Waals surface area (Å²) in [6.45, 7) is 2.02. The third-order valence-electron chi connectivity index (χ3n) is 5.42. The van der Waals surface area contributed by atoms with Gasteiger partial charge in [0, 0.05) is 32.7 Å². The van der Waals surface area contributed by atoms with Gasteiger partial charge in [0.25, 0.3) is 0 Å². The number of carbonyl (C=O) groups excluding carboxylic acids is 2. The Morgan fingerprint density at radius 1 is 0.939 bits per heavy atom. The van der Waals surface area contributed by atoms with Gasteiger partial charge in [-0.1, -0.05) is 6.07 Å². The van der Waals surface area contributed by atoms with Gasteiger partial charge in [-0.05, 0) is 61.7 Å². The molecular formula is C22H26N2O7S2. The number of esters is 1. The Balaban J connectivity index is 1.69. The molecule has 1 saturated heterocycles. The van der Waals surface area contributed by atoms with Crippen molar-refractivity contribution in [1.29, 1.82) is 0 Å². The second-order valence-electron chi connectivity index (χ2n) is 7.90. The molecular weight excluding hydrogens is 468 g/mol. The molecule has 11 heteroatoms. The highest BCUT2D eigenvalue weighted by Crippen LogP contribution is 2.22. The topological polar surface area (TPSA) is 118 Å². The van der Waals surface area contributed by atoms with Crippen LogP contribution >= 0.6 is 0 Å². The van der Waals surface area contributed by atoms with Crippen molar-refractivity contribution in [2.45, 2.75) is 29.6 Å². The van der Waals surface area contributed by atoms with Crippen molar-refractivity contribution in [2.75, 3.05) is 33.8 Å². The fourth-order valence-corrected chi connectivity index (χ4v) is 5.82. The summed E-state index contributed by atoms with van der Waals surface area (Å²) in [4.78, 5) is 25.0. The van der Waals surface area contributed by atoms with E-state index in [0.717, 1.165) is 17.1 Å². The first kappa shape index (κ1) is 25.0. The molecule has 0 atom stereocenters. The first-order valence-corrected chi connectivity index (χ1v) is 13.2. The lowest BCUT2D eigenvalue weighted by atomic mass is 10.1. The van der Waals surface area contributed by atoms with Crippen LogP contribution in [-0.4, -0.2) is 71.0 Å². The number of Topliss-reactive ketones (excluding diaryl/α,β-unsaturated/α-hetero) is 1. The summed E-state index contributed by atoms with van der Waals surface area (Å²) in [6.07, 6.45) is 1.65. The standard InChI is InChI=1S/C22H26N2O7S2/c1-16-6-9-19(32(27,28)23(2)3)14-20(16)22(26)31-15-21(25)17-7-10-18(11-8-17)33(29,30)24-12-4-5-13-24/h6-11,14H,4-5,12-13,15H2,1-3H3. The SMILES string of the molecule is Cc1ccc(S(=O)(=O)N(C)C)cc1C(=O)OCC(=O)c1ccc(S(=O)(=O)N2CCCC2)cc1. The summed E-state index contributed by atoms with van der Waals surface area (Å²) in [5, 5.41) is 0. The maximum atomic E-state index is 12.6. The summed E-state index contributed by atoms with van der Waals surface area (Å²) in [5.41, 5.74) is 0.739. The molecule has 1 aliphatic rings. The van der Waals surface area contributed by atoms with Gasteiger partial charge in [0.05, 0.1) is 15.4 Å². The van der Waals surface area contributed by atoms with E-state index in [0.29, 0.717) is 18.7 Å². The quantitative estimate of drug-likeness (QED) is 0.407. The summed E-state index contributed by atoms with van der Waals surface area (Å²) in [5.74, 6) is -1.34. The Morgan fingerprint density at radius 3 is 2.09 bits per heavy atom. The lowest BCUT2D eigenvalue weighted by Gasteiger charge is -2.15. The minimum Gasteiger partial charge on any atom is -0.454 e. The van der Waals surface area contributed by atoms with Gasteiger partial charge in [-0.2, -0.15) is 4.31 Å². The number of benzene rings is 2. The number of carbonyl (C=O) groups is 2. The molecule has 178 valence electrons. The minimum absolute atomic E-state index is 0.0396. The largest absolute Gasteiger partial charge is 0.454 e. The fraction of sp³-hybridized carbons (Fsp3) is 0.364. The van der Waals surface area contributed by atoms with Crippen molar-refractivity contribution >= 4 is 31.8 Å². The molecule has 0 aliphatic carbocycles. The first-order chi connectivity index (χ1) is 15.4. The van der Waals surface area contributed by atoms with Gasteiger partial charge in [-0.25, -0.2) is 25.9 Å². The van der Waals surface area contributed by atoms with Crippen molar-refractivity contribution < 1.29 is 31.2 Å². The van der Waals surface area contributed by atoms with Gasteiger partial charge in [-0.3, -0.25) is 4.79 Å². The number of hydrogen-bond donors (Lipinski definition) is 0. The highest BCUT2D eigenvalue weighted by atomic mass is 32.2. The van der Waals surface area contributed by atoms with Gasteiger partial charge in [0.2, 0.25) is 20.0 Å². The third kappa shape index (κ3) is 5.32. The van der Waals surface area contributed by atoms with E-state index >= 15 is 0 Å². The zero-order chi connectivity index (χ0) is 24.4. The van der Waals surface area contributed by atoms with Crippen molar-refractivity contribution in [1.82, 2.24) is 8.61 Å².